The number of hydrogen-bond acceptors (Lipinski definition) is 6. The van der Waals surface area contributed by atoms with Gasteiger partial charge in [0.1, 0.15) is 11.9 Å². The highest BCUT2D eigenvalue weighted by Gasteiger charge is 2.33. The molecular weight excluding hydrogens is 371 g/mol. The van der Waals surface area contributed by atoms with Gasteiger partial charge in [-0.3, -0.25) is 4.79 Å². The molecule has 1 saturated heterocycles. The van der Waals surface area contributed by atoms with Gasteiger partial charge in [0, 0.05) is 37.3 Å². The molecule has 1 fully saturated rings. The Kier molecular flexibility index (Phi) is 5.55. The molecule has 1 aliphatic rings. The lowest BCUT2D eigenvalue weighted by atomic mass is 10.2. The number of carbonyl (C=O) groups excluding carboxylic acids is 1. The molecule has 1 atom stereocenters. The molecule has 1 unspecified atom stereocenters. The summed E-state index contributed by atoms with van der Waals surface area (Å²) >= 11 is 13.2. The van der Waals surface area contributed by atoms with Crippen molar-refractivity contribution in [2.75, 3.05) is 30.5 Å². The van der Waals surface area contributed by atoms with E-state index in [1.807, 2.05) is 0 Å². The van der Waals surface area contributed by atoms with Crippen molar-refractivity contribution >= 4 is 51.5 Å². The first-order valence-corrected chi connectivity index (χ1v) is 8.96. The van der Waals surface area contributed by atoms with Gasteiger partial charge in [0.15, 0.2) is 0 Å². The highest BCUT2D eigenvalue weighted by molar-refractivity contribution is 7.09. The minimum Gasteiger partial charge on any atom is -0.384 e. The maximum Gasteiger partial charge on any atom is 0.249 e. The largest absolute Gasteiger partial charge is 0.384 e. The number of aromatic nitrogens is 2. The van der Waals surface area contributed by atoms with Gasteiger partial charge < -0.3 is 15.0 Å². The number of methoxy groups -OCH3 is 1. The molecule has 2 aromatic rings. The predicted octanol–water partition coefficient (Wildman–Crippen LogP) is 3.25. The lowest BCUT2D eigenvalue weighted by molar-refractivity contribution is -0.117. The van der Waals surface area contributed by atoms with Crippen LogP contribution in [-0.2, 0) is 16.0 Å². The molecule has 1 aromatic carbocycles. The summed E-state index contributed by atoms with van der Waals surface area (Å²) in [6, 6.07) is 4.88. The number of nitrogens with zero attached hydrogens (tertiary/aromatic N) is 3. The predicted molar refractivity (Wildman–Crippen MR) is 96.3 cm³/mol. The Bertz CT molecular complexity index is 740. The Balaban J connectivity index is 1.65. The van der Waals surface area contributed by atoms with Crippen LogP contribution in [0.4, 0.5) is 10.8 Å². The summed E-state index contributed by atoms with van der Waals surface area (Å²) in [6.45, 7) is 1.19. The topological polar surface area (TPSA) is 67.3 Å². The van der Waals surface area contributed by atoms with Gasteiger partial charge in [-0.05, 0) is 24.6 Å². The van der Waals surface area contributed by atoms with Gasteiger partial charge in [0.05, 0.1) is 16.7 Å². The Morgan fingerprint density at radius 3 is 3.00 bits per heavy atom. The van der Waals surface area contributed by atoms with Crippen LogP contribution in [0.1, 0.15) is 12.2 Å². The van der Waals surface area contributed by atoms with E-state index in [0.717, 1.165) is 11.5 Å². The number of carbonyl (C=O) groups is 1. The third kappa shape index (κ3) is 3.80. The van der Waals surface area contributed by atoms with Crippen molar-refractivity contribution in [1.29, 1.82) is 0 Å². The second-order valence-electron chi connectivity index (χ2n) is 5.33. The summed E-state index contributed by atoms with van der Waals surface area (Å²) in [5, 5.41) is 4.72. The van der Waals surface area contributed by atoms with Crippen molar-refractivity contribution in [3.63, 3.8) is 0 Å². The Hall–Kier alpha value is -1.41. The van der Waals surface area contributed by atoms with E-state index in [2.05, 4.69) is 14.7 Å². The van der Waals surface area contributed by atoms with Crippen LogP contribution in [0.25, 0.3) is 0 Å². The summed E-state index contributed by atoms with van der Waals surface area (Å²) in [4.78, 5) is 18.7. The SMILES string of the molecule is COCCc1nsc(NC2CCN(c3ccc(Cl)c(Cl)c3)C2=O)n1. The highest BCUT2D eigenvalue weighted by Crippen LogP contribution is 2.30. The molecular formula is C15H16Cl2N4O2S. The van der Waals surface area contributed by atoms with E-state index in [4.69, 9.17) is 27.9 Å². The van der Waals surface area contributed by atoms with Crippen LogP contribution in [0.5, 0.6) is 0 Å². The Morgan fingerprint density at radius 2 is 2.25 bits per heavy atom. The summed E-state index contributed by atoms with van der Waals surface area (Å²) in [5.74, 6) is 0.707. The zero-order valence-electron chi connectivity index (χ0n) is 13.0. The molecule has 128 valence electrons. The smallest absolute Gasteiger partial charge is 0.249 e. The van der Waals surface area contributed by atoms with E-state index < -0.39 is 0 Å². The first-order valence-electron chi connectivity index (χ1n) is 7.43. The van der Waals surface area contributed by atoms with Gasteiger partial charge in [-0.1, -0.05) is 23.2 Å². The van der Waals surface area contributed by atoms with Crippen molar-refractivity contribution in [2.45, 2.75) is 18.9 Å². The zero-order chi connectivity index (χ0) is 17.1. The van der Waals surface area contributed by atoms with Gasteiger partial charge in [-0.2, -0.15) is 4.37 Å². The summed E-state index contributed by atoms with van der Waals surface area (Å²) in [6.07, 6.45) is 1.34. The van der Waals surface area contributed by atoms with Crippen molar-refractivity contribution in [2.24, 2.45) is 0 Å². The first kappa shape index (κ1) is 17.4. The normalized spacial score (nSPS) is 17.5. The maximum absolute atomic E-state index is 12.6. The molecule has 0 spiro atoms. The number of anilines is 2. The molecule has 0 radical (unpaired) electrons. The highest BCUT2D eigenvalue weighted by atomic mass is 35.5. The fraction of sp³-hybridized carbons (Fsp3) is 0.400. The number of ether oxygens (including phenoxy) is 1. The average molecular weight is 387 g/mol. The summed E-state index contributed by atoms with van der Waals surface area (Å²) < 4.78 is 9.26. The van der Waals surface area contributed by atoms with Crippen LogP contribution in [0.2, 0.25) is 10.0 Å². The van der Waals surface area contributed by atoms with Gasteiger partial charge in [-0.15, -0.1) is 0 Å². The van der Waals surface area contributed by atoms with Crippen LogP contribution in [0.3, 0.4) is 0 Å². The maximum atomic E-state index is 12.6. The number of benzene rings is 1. The van der Waals surface area contributed by atoms with Crippen molar-refractivity contribution in [3.8, 4) is 0 Å². The third-order valence-corrected chi connectivity index (χ3v) is 5.14. The van der Waals surface area contributed by atoms with Crippen LogP contribution in [-0.4, -0.2) is 41.6 Å². The van der Waals surface area contributed by atoms with E-state index in [1.54, 1.807) is 30.2 Å². The van der Waals surface area contributed by atoms with Crippen molar-refractivity contribution in [3.05, 3.63) is 34.1 Å². The van der Waals surface area contributed by atoms with Gasteiger partial charge >= 0.3 is 0 Å². The molecule has 6 nitrogen and oxygen atoms in total. The van der Waals surface area contributed by atoms with E-state index in [-0.39, 0.29) is 11.9 Å². The molecule has 24 heavy (non-hydrogen) atoms. The average Bonchev–Trinajstić information content (AvgIpc) is 3.16. The van der Waals surface area contributed by atoms with E-state index in [9.17, 15) is 4.79 Å². The summed E-state index contributed by atoms with van der Waals surface area (Å²) in [7, 11) is 1.64. The number of rotatable bonds is 6. The molecule has 1 aliphatic heterocycles. The molecule has 2 heterocycles. The molecule has 3 rings (SSSR count). The Labute approximate surface area is 153 Å². The molecule has 1 aromatic heterocycles. The molecule has 1 amide bonds. The molecule has 0 saturated carbocycles. The standard InChI is InChI=1S/C15H16Cl2N4O2S/c1-23-7-5-13-19-15(24-20-13)18-12-4-6-21(14(12)22)9-2-3-10(16)11(17)8-9/h2-3,8,12H,4-7H2,1H3,(H,18,19,20). The van der Waals surface area contributed by atoms with E-state index in [1.165, 1.54) is 11.5 Å². The number of halogens is 2. The number of amides is 1. The quantitative estimate of drug-likeness (QED) is 0.824. The molecule has 1 N–H and O–H groups in total. The number of hydrogen-bond donors (Lipinski definition) is 1. The Morgan fingerprint density at radius 1 is 1.42 bits per heavy atom. The van der Waals surface area contributed by atoms with Gasteiger partial charge in [0.25, 0.3) is 0 Å². The van der Waals surface area contributed by atoms with Crippen LogP contribution >= 0.6 is 34.7 Å². The van der Waals surface area contributed by atoms with Gasteiger partial charge in [-0.25, -0.2) is 4.98 Å². The minimum absolute atomic E-state index is 0.0120. The monoisotopic (exact) mass is 386 g/mol. The lowest BCUT2D eigenvalue weighted by Gasteiger charge is -2.17. The van der Waals surface area contributed by atoms with Crippen molar-refractivity contribution in [1.82, 2.24) is 9.36 Å². The summed E-state index contributed by atoms with van der Waals surface area (Å²) in [5.41, 5.74) is 0.747. The zero-order valence-corrected chi connectivity index (χ0v) is 15.3. The second kappa shape index (κ2) is 7.65. The number of nitrogens with one attached hydrogen (secondary N) is 1. The first-order chi connectivity index (χ1) is 11.6. The van der Waals surface area contributed by atoms with Crippen LogP contribution < -0.4 is 10.2 Å². The van der Waals surface area contributed by atoms with Gasteiger partial charge in [0.2, 0.25) is 11.0 Å². The molecule has 0 bridgehead atoms. The fourth-order valence-corrected chi connectivity index (χ4v) is 3.44. The van der Waals surface area contributed by atoms with Crippen LogP contribution in [0.15, 0.2) is 18.2 Å². The van der Waals surface area contributed by atoms with Crippen LogP contribution in [0, 0.1) is 0 Å². The molecule has 0 aliphatic carbocycles. The molecule has 9 heteroatoms. The lowest BCUT2D eigenvalue weighted by Crippen LogP contribution is -2.33. The second-order valence-corrected chi connectivity index (χ2v) is 6.90. The third-order valence-electron chi connectivity index (χ3n) is 3.72. The van der Waals surface area contributed by atoms with Crippen molar-refractivity contribution < 1.29 is 9.53 Å². The minimum atomic E-state index is -0.317. The van der Waals surface area contributed by atoms with E-state index in [0.29, 0.717) is 41.2 Å². The fourth-order valence-electron chi connectivity index (χ4n) is 2.48. The van der Waals surface area contributed by atoms with E-state index >= 15 is 0 Å².